The van der Waals surface area contributed by atoms with Crippen LogP contribution in [0.1, 0.15) is 15.2 Å². The molecule has 0 amide bonds. The van der Waals surface area contributed by atoms with Crippen molar-refractivity contribution in [2.45, 2.75) is 11.8 Å². The quantitative estimate of drug-likeness (QED) is 0.799. The van der Waals surface area contributed by atoms with Crippen molar-refractivity contribution < 1.29 is 18.3 Å². The van der Waals surface area contributed by atoms with Gasteiger partial charge < -0.3 is 5.11 Å². The first-order valence-corrected chi connectivity index (χ1v) is 8.42. The van der Waals surface area contributed by atoms with Crippen molar-refractivity contribution in [2.75, 3.05) is 4.72 Å². The third-order valence-corrected chi connectivity index (χ3v) is 5.61. The Morgan fingerprint density at radius 3 is 2.70 bits per heavy atom. The van der Waals surface area contributed by atoms with Crippen LogP contribution in [0, 0.1) is 6.92 Å². The zero-order valence-corrected chi connectivity index (χ0v) is 13.3. The van der Waals surface area contributed by atoms with E-state index in [0.717, 1.165) is 11.3 Å². The molecule has 0 aliphatic carbocycles. The minimum atomic E-state index is -3.96. The van der Waals surface area contributed by atoms with Crippen LogP contribution in [0.15, 0.2) is 33.2 Å². The molecular weight excluding hydrogens is 368 g/mol. The maximum Gasteiger partial charge on any atom is 0.347 e. The van der Waals surface area contributed by atoms with Gasteiger partial charge in [0.15, 0.2) is 0 Å². The fourth-order valence-corrected chi connectivity index (χ4v) is 4.47. The van der Waals surface area contributed by atoms with Gasteiger partial charge in [0.1, 0.15) is 14.4 Å². The highest BCUT2D eigenvalue weighted by Crippen LogP contribution is 2.28. The number of aryl methyl sites for hydroxylation is 1. The molecule has 106 valence electrons. The zero-order chi connectivity index (χ0) is 14.9. The number of nitrogens with zero attached hydrogens (tertiary/aromatic N) is 1. The van der Waals surface area contributed by atoms with Crippen molar-refractivity contribution in [2.24, 2.45) is 0 Å². The van der Waals surface area contributed by atoms with E-state index in [1.54, 1.807) is 13.0 Å². The topological polar surface area (TPSA) is 96.4 Å². The first kappa shape index (κ1) is 14.9. The van der Waals surface area contributed by atoms with Gasteiger partial charge >= 0.3 is 5.97 Å². The molecule has 2 rings (SSSR count). The van der Waals surface area contributed by atoms with E-state index in [1.165, 1.54) is 17.6 Å². The maximum atomic E-state index is 12.3. The van der Waals surface area contributed by atoms with E-state index in [9.17, 15) is 13.2 Å². The van der Waals surface area contributed by atoms with Crippen molar-refractivity contribution in [1.29, 1.82) is 0 Å². The largest absolute Gasteiger partial charge is 0.477 e. The Bertz CT molecular complexity index is 753. The molecule has 2 heterocycles. The summed E-state index contributed by atoms with van der Waals surface area (Å²) in [7, 11) is -3.96. The summed E-state index contributed by atoms with van der Waals surface area (Å²) in [5.74, 6) is -1.27. The van der Waals surface area contributed by atoms with Crippen LogP contribution in [0.4, 0.5) is 5.69 Å². The first-order valence-electron chi connectivity index (χ1n) is 5.27. The van der Waals surface area contributed by atoms with Crippen LogP contribution in [0.3, 0.4) is 0 Å². The SMILES string of the molecule is Cc1csc(C(=O)O)c1S(=O)(=O)Nc1ccc(Br)nc1. The van der Waals surface area contributed by atoms with Gasteiger partial charge in [-0.05, 0) is 45.9 Å². The van der Waals surface area contributed by atoms with Gasteiger partial charge in [0.2, 0.25) is 0 Å². The van der Waals surface area contributed by atoms with Gasteiger partial charge in [0.25, 0.3) is 10.0 Å². The van der Waals surface area contributed by atoms with Gasteiger partial charge in [-0.3, -0.25) is 4.72 Å². The maximum absolute atomic E-state index is 12.3. The van der Waals surface area contributed by atoms with E-state index in [0.29, 0.717) is 10.2 Å². The number of nitrogens with one attached hydrogen (secondary N) is 1. The average molecular weight is 377 g/mol. The molecule has 9 heteroatoms. The molecule has 0 radical (unpaired) electrons. The number of anilines is 1. The van der Waals surface area contributed by atoms with E-state index >= 15 is 0 Å². The number of aromatic nitrogens is 1. The number of rotatable bonds is 4. The Morgan fingerprint density at radius 2 is 2.15 bits per heavy atom. The number of carboxylic acid groups (broad SMARTS) is 1. The van der Waals surface area contributed by atoms with Crippen LogP contribution in [-0.4, -0.2) is 24.5 Å². The molecule has 2 aromatic heterocycles. The molecule has 2 N–H and O–H groups in total. The minimum absolute atomic E-state index is 0.208. The van der Waals surface area contributed by atoms with Gasteiger partial charge in [0, 0.05) is 0 Å². The molecule has 0 aromatic carbocycles. The van der Waals surface area contributed by atoms with Crippen LogP contribution in [0.2, 0.25) is 0 Å². The minimum Gasteiger partial charge on any atom is -0.477 e. The van der Waals surface area contributed by atoms with E-state index in [4.69, 9.17) is 5.11 Å². The predicted octanol–water partition coefficient (Wildman–Crippen LogP) is 2.71. The van der Waals surface area contributed by atoms with Crippen molar-refractivity contribution in [3.8, 4) is 0 Å². The van der Waals surface area contributed by atoms with Crippen LogP contribution in [0.25, 0.3) is 0 Å². The van der Waals surface area contributed by atoms with Gasteiger partial charge in [-0.15, -0.1) is 11.3 Å². The average Bonchev–Trinajstić information content (AvgIpc) is 2.75. The van der Waals surface area contributed by atoms with Gasteiger partial charge in [-0.1, -0.05) is 0 Å². The number of pyridine rings is 1. The zero-order valence-electron chi connectivity index (χ0n) is 10.1. The van der Waals surface area contributed by atoms with Gasteiger partial charge in [-0.2, -0.15) is 0 Å². The van der Waals surface area contributed by atoms with Gasteiger partial charge in [-0.25, -0.2) is 18.2 Å². The lowest BCUT2D eigenvalue weighted by molar-refractivity contribution is 0.0698. The van der Waals surface area contributed by atoms with Crippen molar-refractivity contribution in [3.05, 3.63) is 38.8 Å². The monoisotopic (exact) mass is 376 g/mol. The Morgan fingerprint density at radius 1 is 1.45 bits per heavy atom. The normalized spacial score (nSPS) is 11.3. The summed E-state index contributed by atoms with van der Waals surface area (Å²) in [6.45, 7) is 1.55. The molecule has 0 aliphatic rings. The van der Waals surface area contributed by atoms with Crippen molar-refractivity contribution >= 4 is 48.9 Å². The molecule has 0 saturated carbocycles. The molecule has 0 bridgehead atoms. The summed E-state index contributed by atoms with van der Waals surface area (Å²) in [5, 5.41) is 10.5. The molecule has 0 unspecified atom stereocenters. The number of aromatic carboxylic acids is 1. The molecule has 2 aromatic rings. The molecule has 0 saturated heterocycles. The van der Waals surface area contributed by atoms with E-state index < -0.39 is 16.0 Å². The number of hydrogen-bond acceptors (Lipinski definition) is 5. The second-order valence-electron chi connectivity index (χ2n) is 3.86. The predicted molar refractivity (Wildman–Crippen MR) is 78.8 cm³/mol. The molecular formula is C11H9BrN2O4S2. The molecule has 0 atom stereocenters. The fraction of sp³-hybridized carbons (Fsp3) is 0.0909. The summed E-state index contributed by atoms with van der Waals surface area (Å²) < 4.78 is 27.5. The standard InChI is InChI=1S/C11H9BrN2O4S2/c1-6-5-19-9(11(15)16)10(6)20(17,18)14-7-2-3-8(12)13-4-7/h2-5,14H,1H3,(H,15,16). The second-order valence-corrected chi connectivity index (χ2v) is 7.17. The number of thiophene rings is 1. The number of hydrogen-bond donors (Lipinski definition) is 2. The highest BCUT2D eigenvalue weighted by Gasteiger charge is 2.26. The van der Waals surface area contributed by atoms with Crippen LogP contribution >= 0.6 is 27.3 Å². The summed E-state index contributed by atoms with van der Waals surface area (Å²) in [5.41, 5.74) is 0.653. The third-order valence-electron chi connectivity index (χ3n) is 2.36. The molecule has 0 aliphatic heterocycles. The lowest BCUT2D eigenvalue weighted by Gasteiger charge is -2.08. The van der Waals surface area contributed by atoms with Crippen LogP contribution < -0.4 is 4.72 Å². The molecule has 0 fully saturated rings. The Hall–Kier alpha value is -1.45. The highest BCUT2D eigenvalue weighted by atomic mass is 79.9. The number of halogens is 1. The Labute approximate surface area is 127 Å². The number of carboxylic acids is 1. The number of sulfonamides is 1. The van der Waals surface area contributed by atoms with E-state index in [-0.39, 0.29) is 15.5 Å². The van der Waals surface area contributed by atoms with Crippen molar-refractivity contribution in [3.63, 3.8) is 0 Å². The first-order chi connectivity index (χ1) is 9.31. The lowest BCUT2D eigenvalue weighted by Crippen LogP contribution is -2.16. The Balaban J connectivity index is 2.43. The third kappa shape index (κ3) is 3.00. The molecule has 6 nitrogen and oxygen atoms in total. The smallest absolute Gasteiger partial charge is 0.347 e. The Kier molecular flexibility index (Phi) is 4.11. The number of carbonyl (C=O) groups is 1. The molecule has 20 heavy (non-hydrogen) atoms. The summed E-state index contributed by atoms with van der Waals surface area (Å²) in [6, 6.07) is 3.10. The summed E-state index contributed by atoms with van der Waals surface area (Å²) >= 11 is 4.02. The van der Waals surface area contributed by atoms with E-state index in [2.05, 4.69) is 25.6 Å². The molecule has 0 spiro atoms. The lowest BCUT2D eigenvalue weighted by atomic mass is 10.3. The van der Waals surface area contributed by atoms with Crippen molar-refractivity contribution in [1.82, 2.24) is 4.98 Å². The summed E-state index contributed by atoms with van der Waals surface area (Å²) in [6.07, 6.45) is 1.34. The highest BCUT2D eigenvalue weighted by molar-refractivity contribution is 9.10. The van der Waals surface area contributed by atoms with Crippen LogP contribution in [-0.2, 0) is 10.0 Å². The van der Waals surface area contributed by atoms with Gasteiger partial charge in [0.05, 0.1) is 11.9 Å². The second kappa shape index (κ2) is 5.51. The fourth-order valence-electron chi connectivity index (χ4n) is 1.56. The summed E-state index contributed by atoms with van der Waals surface area (Å²) in [4.78, 5) is 14.6. The van der Waals surface area contributed by atoms with Crippen LogP contribution in [0.5, 0.6) is 0 Å². The van der Waals surface area contributed by atoms with E-state index in [1.807, 2.05) is 0 Å².